The summed E-state index contributed by atoms with van der Waals surface area (Å²) in [5.41, 5.74) is -0.551. The molecule has 1 aliphatic carbocycles. The van der Waals surface area contributed by atoms with Crippen LogP contribution >= 0.6 is 0 Å². The second-order valence-corrected chi connectivity index (χ2v) is 5.38. The second-order valence-electron chi connectivity index (χ2n) is 5.38. The lowest BCUT2D eigenvalue weighted by Gasteiger charge is -2.30. The van der Waals surface area contributed by atoms with Crippen LogP contribution in [-0.2, 0) is 4.79 Å². The Balaban J connectivity index is 2.14. The fourth-order valence-electron chi connectivity index (χ4n) is 2.70. The van der Waals surface area contributed by atoms with Crippen LogP contribution in [0.5, 0.6) is 0 Å². The SMILES string of the molecule is CC(C)CN1C(=O)NC2(CCCCC2)C1=O. The Morgan fingerprint density at radius 2 is 1.88 bits per heavy atom. The number of hydrogen-bond acceptors (Lipinski definition) is 2. The van der Waals surface area contributed by atoms with Crippen molar-refractivity contribution < 1.29 is 9.59 Å². The zero-order valence-electron chi connectivity index (χ0n) is 10.1. The van der Waals surface area contributed by atoms with Gasteiger partial charge in [-0.3, -0.25) is 9.69 Å². The Hall–Kier alpha value is -1.06. The number of carbonyl (C=O) groups excluding carboxylic acids is 2. The Bertz CT molecular complexity index is 306. The van der Waals surface area contributed by atoms with Crippen molar-refractivity contribution in [1.82, 2.24) is 10.2 Å². The minimum atomic E-state index is -0.551. The largest absolute Gasteiger partial charge is 0.325 e. The molecule has 4 nitrogen and oxygen atoms in total. The van der Waals surface area contributed by atoms with Gasteiger partial charge in [-0.2, -0.15) is 0 Å². The number of amides is 3. The smallest absolute Gasteiger partial charge is 0.323 e. The lowest BCUT2D eigenvalue weighted by atomic mass is 9.81. The molecule has 0 aromatic heterocycles. The van der Waals surface area contributed by atoms with Crippen LogP contribution < -0.4 is 5.32 Å². The molecular formula is C12H20N2O2. The molecule has 1 spiro atoms. The standard InChI is InChI=1S/C12H20N2O2/c1-9(2)8-14-10(15)12(13-11(14)16)6-4-3-5-7-12/h9H,3-8H2,1-2H3,(H,13,16). The average molecular weight is 224 g/mol. The van der Waals surface area contributed by atoms with Crippen molar-refractivity contribution in [2.45, 2.75) is 51.5 Å². The first kappa shape index (κ1) is 11.4. The third-order valence-corrected chi connectivity index (χ3v) is 3.50. The molecule has 2 fully saturated rings. The molecule has 1 N–H and O–H groups in total. The molecular weight excluding hydrogens is 204 g/mol. The molecule has 2 aliphatic rings. The third-order valence-electron chi connectivity index (χ3n) is 3.50. The molecule has 0 unspecified atom stereocenters. The zero-order chi connectivity index (χ0) is 11.8. The van der Waals surface area contributed by atoms with Crippen molar-refractivity contribution >= 4 is 11.9 Å². The highest BCUT2D eigenvalue weighted by Gasteiger charge is 2.51. The topological polar surface area (TPSA) is 49.4 Å². The van der Waals surface area contributed by atoms with Crippen LogP contribution in [0, 0.1) is 5.92 Å². The molecule has 1 aliphatic heterocycles. The van der Waals surface area contributed by atoms with E-state index in [0.29, 0.717) is 12.5 Å². The minimum absolute atomic E-state index is 0.00546. The lowest BCUT2D eigenvalue weighted by molar-refractivity contribution is -0.132. The Kier molecular flexibility index (Phi) is 2.91. The van der Waals surface area contributed by atoms with Gasteiger partial charge in [-0.1, -0.05) is 33.1 Å². The fraction of sp³-hybridized carbons (Fsp3) is 0.833. The van der Waals surface area contributed by atoms with Gasteiger partial charge in [-0.15, -0.1) is 0 Å². The molecule has 1 saturated carbocycles. The van der Waals surface area contributed by atoms with Gasteiger partial charge in [0.25, 0.3) is 5.91 Å². The summed E-state index contributed by atoms with van der Waals surface area (Å²) in [6, 6.07) is -0.194. The van der Waals surface area contributed by atoms with Crippen LogP contribution in [-0.4, -0.2) is 28.9 Å². The monoisotopic (exact) mass is 224 g/mol. The maximum absolute atomic E-state index is 12.3. The van der Waals surface area contributed by atoms with Crippen LogP contribution in [0.25, 0.3) is 0 Å². The van der Waals surface area contributed by atoms with Crippen LogP contribution in [0.15, 0.2) is 0 Å². The first-order valence-electron chi connectivity index (χ1n) is 6.19. The van der Waals surface area contributed by atoms with E-state index in [-0.39, 0.29) is 11.9 Å². The zero-order valence-corrected chi connectivity index (χ0v) is 10.1. The van der Waals surface area contributed by atoms with Crippen LogP contribution in [0.3, 0.4) is 0 Å². The number of carbonyl (C=O) groups is 2. The molecule has 3 amide bonds. The van der Waals surface area contributed by atoms with Gasteiger partial charge in [0.05, 0.1) is 0 Å². The van der Waals surface area contributed by atoms with Crippen molar-refractivity contribution in [3.8, 4) is 0 Å². The molecule has 0 bridgehead atoms. The highest BCUT2D eigenvalue weighted by molar-refractivity contribution is 6.07. The molecule has 0 atom stereocenters. The minimum Gasteiger partial charge on any atom is -0.323 e. The maximum Gasteiger partial charge on any atom is 0.325 e. The number of imide groups is 1. The van der Waals surface area contributed by atoms with Gasteiger partial charge in [-0.05, 0) is 18.8 Å². The van der Waals surface area contributed by atoms with Crippen LogP contribution in [0.4, 0.5) is 4.79 Å². The Labute approximate surface area is 96.4 Å². The summed E-state index contributed by atoms with van der Waals surface area (Å²) in [6.45, 7) is 4.57. The summed E-state index contributed by atoms with van der Waals surface area (Å²) in [5.74, 6) is 0.333. The summed E-state index contributed by atoms with van der Waals surface area (Å²) in [7, 11) is 0. The lowest BCUT2D eigenvalue weighted by Crippen LogP contribution is -2.48. The summed E-state index contributed by atoms with van der Waals surface area (Å²) in [6.07, 6.45) is 4.89. The van der Waals surface area contributed by atoms with Gasteiger partial charge in [0.15, 0.2) is 0 Å². The number of nitrogens with one attached hydrogen (secondary N) is 1. The highest BCUT2D eigenvalue weighted by atomic mass is 16.2. The molecule has 90 valence electrons. The van der Waals surface area contributed by atoms with Crippen LogP contribution in [0.2, 0.25) is 0 Å². The summed E-state index contributed by atoms with van der Waals surface area (Å²) in [4.78, 5) is 25.5. The first-order chi connectivity index (χ1) is 7.55. The van der Waals surface area contributed by atoms with Gasteiger partial charge in [0.2, 0.25) is 0 Å². The van der Waals surface area contributed by atoms with Crippen molar-refractivity contribution in [2.24, 2.45) is 5.92 Å². The fourth-order valence-corrected chi connectivity index (χ4v) is 2.70. The summed E-state index contributed by atoms with van der Waals surface area (Å²) >= 11 is 0. The van der Waals surface area contributed by atoms with E-state index in [1.165, 1.54) is 11.3 Å². The molecule has 1 heterocycles. The molecule has 1 saturated heterocycles. The van der Waals surface area contributed by atoms with E-state index in [9.17, 15) is 9.59 Å². The average Bonchev–Trinajstić information content (AvgIpc) is 2.44. The quantitative estimate of drug-likeness (QED) is 0.728. The highest BCUT2D eigenvalue weighted by Crippen LogP contribution is 2.33. The number of rotatable bonds is 2. The Morgan fingerprint density at radius 3 is 2.44 bits per heavy atom. The third kappa shape index (κ3) is 1.81. The number of urea groups is 1. The van der Waals surface area contributed by atoms with Crippen molar-refractivity contribution in [3.05, 3.63) is 0 Å². The van der Waals surface area contributed by atoms with E-state index in [4.69, 9.17) is 0 Å². The normalized spacial score (nSPS) is 24.3. The van der Waals surface area contributed by atoms with E-state index in [1.807, 2.05) is 13.8 Å². The molecule has 0 aromatic carbocycles. The predicted octanol–water partition coefficient (Wildman–Crippen LogP) is 1.90. The van der Waals surface area contributed by atoms with E-state index in [0.717, 1.165) is 25.7 Å². The number of nitrogens with zero attached hydrogens (tertiary/aromatic N) is 1. The van der Waals surface area contributed by atoms with Gasteiger partial charge in [0.1, 0.15) is 5.54 Å². The van der Waals surface area contributed by atoms with Gasteiger partial charge in [-0.25, -0.2) is 4.79 Å². The van der Waals surface area contributed by atoms with Gasteiger partial charge < -0.3 is 5.32 Å². The van der Waals surface area contributed by atoms with Crippen molar-refractivity contribution in [3.63, 3.8) is 0 Å². The van der Waals surface area contributed by atoms with Crippen molar-refractivity contribution in [1.29, 1.82) is 0 Å². The van der Waals surface area contributed by atoms with Crippen molar-refractivity contribution in [2.75, 3.05) is 6.54 Å². The van der Waals surface area contributed by atoms with E-state index >= 15 is 0 Å². The van der Waals surface area contributed by atoms with Crippen LogP contribution in [0.1, 0.15) is 46.0 Å². The van der Waals surface area contributed by atoms with E-state index in [2.05, 4.69) is 5.32 Å². The predicted molar refractivity (Wildman–Crippen MR) is 60.9 cm³/mol. The number of hydrogen-bond donors (Lipinski definition) is 1. The summed E-state index contributed by atoms with van der Waals surface area (Å²) < 4.78 is 0. The van der Waals surface area contributed by atoms with E-state index in [1.54, 1.807) is 0 Å². The molecule has 0 aromatic rings. The van der Waals surface area contributed by atoms with Gasteiger partial charge >= 0.3 is 6.03 Å². The maximum atomic E-state index is 12.3. The molecule has 4 heteroatoms. The first-order valence-corrected chi connectivity index (χ1v) is 6.19. The Morgan fingerprint density at radius 1 is 1.25 bits per heavy atom. The van der Waals surface area contributed by atoms with Gasteiger partial charge in [0, 0.05) is 6.54 Å². The summed E-state index contributed by atoms with van der Waals surface area (Å²) in [5, 5.41) is 2.91. The van der Waals surface area contributed by atoms with E-state index < -0.39 is 5.54 Å². The molecule has 0 radical (unpaired) electrons. The molecule has 2 rings (SSSR count). The second kappa shape index (κ2) is 4.07. The molecule has 16 heavy (non-hydrogen) atoms.